The Labute approximate surface area is 30.7 Å². The Morgan fingerprint density at radius 3 is 2.40 bits per heavy atom. The van der Waals surface area contributed by atoms with Crippen molar-refractivity contribution in [3.8, 4) is 0 Å². The molecule has 0 aliphatic rings. The van der Waals surface area contributed by atoms with Crippen LogP contribution in [0, 0.1) is 0 Å². The van der Waals surface area contributed by atoms with Crippen molar-refractivity contribution in [3.05, 3.63) is 0 Å². The zero-order valence-electron chi connectivity index (χ0n) is 3.20. The van der Waals surface area contributed by atoms with Gasteiger partial charge in [-0.1, -0.05) is 0 Å². The Bertz CT molecular complexity index is 14.4. The number of methoxy groups -OCH3 is 1. The molecule has 2 heteroatoms. The molecule has 0 unspecified atom stereocenters. The second-order valence-electron chi connectivity index (χ2n) is 0.682. The smallest absolute Gasteiger partial charge is 0.113 e. The minimum atomic E-state index is -0.378. The van der Waals surface area contributed by atoms with Gasteiger partial charge in [-0.3, -0.25) is 0 Å². The molecule has 0 bridgehead atoms. The lowest BCUT2D eigenvalue weighted by atomic mass is 10.8. The molecule has 0 aliphatic heterocycles. The molecule has 0 aromatic heterocycles. The summed E-state index contributed by atoms with van der Waals surface area (Å²) in [5, 5.41) is 0. The number of alkyl halides is 1. The fourth-order valence-electron chi connectivity index (χ4n) is 0.0772. The van der Waals surface area contributed by atoms with E-state index in [1.54, 1.807) is 0 Å². The highest BCUT2D eigenvalue weighted by Gasteiger charge is 1.69. The van der Waals surface area contributed by atoms with Crippen LogP contribution in [0.15, 0.2) is 0 Å². The maximum Gasteiger partial charge on any atom is 0.113 e. The van der Waals surface area contributed by atoms with Gasteiger partial charge in [0.25, 0.3) is 0 Å². The van der Waals surface area contributed by atoms with E-state index in [0.29, 0.717) is 0 Å². The monoisotopic (exact) mass is 78.0 g/mol. The highest BCUT2D eigenvalue weighted by molar-refractivity contribution is 4.14. The van der Waals surface area contributed by atoms with Crippen LogP contribution in [0.3, 0.4) is 0 Å². The highest BCUT2D eigenvalue weighted by atomic mass is 19.1. The van der Waals surface area contributed by atoms with Gasteiger partial charge in [0, 0.05) is 7.11 Å². The summed E-state index contributed by atoms with van der Waals surface area (Å²) in [5.74, 6) is 0. The van der Waals surface area contributed by atoms with Crippen molar-refractivity contribution >= 4 is 0 Å². The topological polar surface area (TPSA) is 9.23 Å². The lowest BCUT2D eigenvalue weighted by Gasteiger charge is -1.82. The Balaban J connectivity index is 2.19. The Morgan fingerprint density at radius 1 is 1.80 bits per heavy atom. The van der Waals surface area contributed by atoms with Gasteiger partial charge in [0.15, 0.2) is 0 Å². The second-order valence-corrected chi connectivity index (χ2v) is 0.682. The molecule has 0 spiro atoms. The van der Waals surface area contributed by atoms with Gasteiger partial charge in [-0.15, -0.1) is 0 Å². The molecule has 0 N–H and O–H groups in total. The molecule has 32 valence electrons. The van der Waals surface area contributed by atoms with E-state index >= 15 is 0 Å². The van der Waals surface area contributed by atoms with Crippen LogP contribution in [0.2, 0.25) is 0 Å². The molecular formula is C3H7FO. The minimum Gasteiger partial charge on any atom is -0.382 e. The summed E-state index contributed by atoms with van der Waals surface area (Å²) in [6, 6.07) is 0. The molecule has 5 heavy (non-hydrogen) atoms. The average Bonchev–Trinajstić information content (AvgIpc) is 1.41. The molecule has 0 amide bonds. The number of hydrogen-bond donors (Lipinski definition) is 0. The Morgan fingerprint density at radius 2 is 2.40 bits per heavy atom. The quantitative estimate of drug-likeness (QED) is 0.470. The van der Waals surface area contributed by atoms with Crippen molar-refractivity contribution in [2.75, 3.05) is 20.4 Å². The molecule has 0 atom stereocenters. The first kappa shape index (κ1) is 4.89. The van der Waals surface area contributed by atoms with Crippen molar-refractivity contribution < 1.29 is 9.13 Å². The SMILES string of the molecule is COCCF. The lowest BCUT2D eigenvalue weighted by Crippen LogP contribution is -1.86. The fourth-order valence-corrected chi connectivity index (χ4v) is 0.0772. The van der Waals surface area contributed by atoms with Gasteiger partial charge in [-0.25, -0.2) is 4.39 Å². The number of halogens is 1. The third-order valence-electron chi connectivity index (χ3n) is 0.281. The molecule has 0 fully saturated rings. The van der Waals surface area contributed by atoms with E-state index in [2.05, 4.69) is 4.74 Å². The van der Waals surface area contributed by atoms with Crippen molar-refractivity contribution in [1.82, 2.24) is 0 Å². The first-order valence-electron chi connectivity index (χ1n) is 1.46. The first-order chi connectivity index (χ1) is 2.41. The van der Waals surface area contributed by atoms with Crippen LogP contribution < -0.4 is 0 Å². The van der Waals surface area contributed by atoms with E-state index in [1.165, 1.54) is 7.11 Å². The summed E-state index contributed by atoms with van der Waals surface area (Å²) in [6.45, 7) is -0.156. The van der Waals surface area contributed by atoms with Crippen LogP contribution in [0.5, 0.6) is 0 Å². The van der Waals surface area contributed by atoms with Crippen LogP contribution in [0.1, 0.15) is 0 Å². The zero-order chi connectivity index (χ0) is 4.12. The minimum absolute atomic E-state index is 0.222. The van der Waals surface area contributed by atoms with Gasteiger partial charge in [0.2, 0.25) is 0 Å². The standard InChI is InChI=1S/C3H7FO/c1-5-3-2-4/h2-3H2,1H3. The summed E-state index contributed by atoms with van der Waals surface area (Å²) in [5.41, 5.74) is 0. The second kappa shape index (κ2) is 3.89. The molecule has 0 radical (unpaired) electrons. The normalized spacial score (nSPS) is 8.40. The maximum absolute atomic E-state index is 10.9. The number of rotatable bonds is 2. The van der Waals surface area contributed by atoms with Gasteiger partial charge in [0.1, 0.15) is 6.67 Å². The molecule has 0 aromatic rings. The fraction of sp³-hybridized carbons (Fsp3) is 1.00. The molecule has 1 nitrogen and oxygen atoms in total. The third kappa shape index (κ3) is 3.89. The van der Waals surface area contributed by atoms with E-state index in [4.69, 9.17) is 0 Å². The largest absolute Gasteiger partial charge is 0.382 e. The first-order valence-corrected chi connectivity index (χ1v) is 1.46. The van der Waals surface area contributed by atoms with E-state index in [1.807, 2.05) is 0 Å². The molecule has 0 saturated carbocycles. The predicted molar refractivity (Wildman–Crippen MR) is 17.9 cm³/mol. The third-order valence-corrected chi connectivity index (χ3v) is 0.281. The van der Waals surface area contributed by atoms with Crippen LogP contribution >= 0.6 is 0 Å². The van der Waals surface area contributed by atoms with Crippen LogP contribution in [0.4, 0.5) is 4.39 Å². The van der Waals surface area contributed by atoms with E-state index < -0.39 is 0 Å². The molecule has 0 saturated heterocycles. The summed E-state index contributed by atoms with van der Waals surface area (Å²) in [6.07, 6.45) is 0. The Kier molecular flexibility index (Phi) is 3.80. The molecular weight excluding hydrogens is 71.0 g/mol. The Hall–Kier alpha value is -0.110. The predicted octanol–water partition coefficient (Wildman–Crippen LogP) is 0.602. The van der Waals surface area contributed by atoms with Gasteiger partial charge < -0.3 is 4.74 Å². The summed E-state index contributed by atoms with van der Waals surface area (Å²) < 4.78 is 15.2. The molecule has 0 rings (SSSR count). The van der Waals surface area contributed by atoms with Gasteiger partial charge >= 0.3 is 0 Å². The molecule has 0 heterocycles. The van der Waals surface area contributed by atoms with Crippen LogP contribution in [0.25, 0.3) is 0 Å². The van der Waals surface area contributed by atoms with E-state index in [9.17, 15) is 4.39 Å². The van der Waals surface area contributed by atoms with Crippen molar-refractivity contribution in [3.63, 3.8) is 0 Å². The number of hydrogen-bond acceptors (Lipinski definition) is 1. The van der Waals surface area contributed by atoms with Crippen LogP contribution in [-0.4, -0.2) is 20.4 Å². The number of ether oxygens (including phenoxy) is 1. The van der Waals surface area contributed by atoms with Crippen LogP contribution in [-0.2, 0) is 4.74 Å². The van der Waals surface area contributed by atoms with Gasteiger partial charge in [0.05, 0.1) is 6.61 Å². The van der Waals surface area contributed by atoms with Gasteiger partial charge in [-0.05, 0) is 0 Å². The van der Waals surface area contributed by atoms with Crippen molar-refractivity contribution in [2.45, 2.75) is 0 Å². The molecule has 0 aromatic carbocycles. The zero-order valence-corrected chi connectivity index (χ0v) is 3.20. The van der Waals surface area contributed by atoms with Gasteiger partial charge in [-0.2, -0.15) is 0 Å². The summed E-state index contributed by atoms with van der Waals surface area (Å²) in [7, 11) is 1.47. The van der Waals surface area contributed by atoms with Crippen molar-refractivity contribution in [2.24, 2.45) is 0 Å². The average molecular weight is 78.1 g/mol. The maximum atomic E-state index is 10.9. The summed E-state index contributed by atoms with van der Waals surface area (Å²) in [4.78, 5) is 0. The van der Waals surface area contributed by atoms with E-state index in [-0.39, 0.29) is 13.3 Å². The van der Waals surface area contributed by atoms with E-state index in [0.717, 1.165) is 0 Å². The van der Waals surface area contributed by atoms with Crippen molar-refractivity contribution in [1.29, 1.82) is 0 Å². The highest BCUT2D eigenvalue weighted by Crippen LogP contribution is 1.64. The molecule has 0 aliphatic carbocycles. The summed E-state index contributed by atoms with van der Waals surface area (Å²) >= 11 is 0. The lowest BCUT2D eigenvalue weighted by molar-refractivity contribution is 0.175.